The molecule has 0 fully saturated rings. The van der Waals surface area contributed by atoms with Gasteiger partial charge < -0.3 is 19.5 Å². The standard InChI is InChI=1S/C20H22N2O4/c1-5-15-12(3)14-7-11(2)6-13(19(14)22-15)9-21-20(24)17-8-16(23)18(25-4)10-26-17/h6-8,10,22H,5,9H2,1-4H3,(H,21,24). The summed E-state index contributed by atoms with van der Waals surface area (Å²) in [6.07, 6.45) is 2.06. The number of benzene rings is 1. The third-order valence-electron chi connectivity index (χ3n) is 4.53. The average Bonchev–Trinajstić information content (AvgIpc) is 2.95. The zero-order valence-electron chi connectivity index (χ0n) is 15.4. The Hall–Kier alpha value is -3.02. The van der Waals surface area contributed by atoms with Crippen molar-refractivity contribution in [3.63, 3.8) is 0 Å². The molecule has 1 aromatic carbocycles. The predicted octanol–water partition coefficient (Wildman–Crippen LogP) is 3.24. The minimum atomic E-state index is -0.446. The van der Waals surface area contributed by atoms with Crippen molar-refractivity contribution in [1.29, 1.82) is 0 Å². The number of nitrogens with one attached hydrogen (secondary N) is 2. The van der Waals surface area contributed by atoms with Gasteiger partial charge in [-0.2, -0.15) is 0 Å². The smallest absolute Gasteiger partial charge is 0.287 e. The van der Waals surface area contributed by atoms with Gasteiger partial charge in [-0.15, -0.1) is 0 Å². The molecule has 0 aliphatic carbocycles. The molecule has 2 N–H and O–H groups in total. The molecule has 2 aromatic heterocycles. The van der Waals surface area contributed by atoms with Gasteiger partial charge in [0.1, 0.15) is 6.26 Å². The Morgan fingerprint density at radius 2 is 2.04 bits per heavy atom. The quantitative estimate of drug-likeness (QED) is 0.737. The fourth-order valence-corrected chi connectivity index (χ4v) is 3.13. The van der Waals surface area contributed by atoms with Crippen LogP contribution in [0, 0.1) is 13.8 Å². The highest BCUT2D eigenvalue weighted by Gasteiger charge is 2.14. The van der Waals surface area contributed by atoms with Crippen LogP contribution in [0.5, 0.6) is 5.75 Å². The molecule has 0 bridgehead atoms. The van der Waals surface area contributed by atoms with Crippen LogP contribution in [0.4, 0.5) is 0 Å². The number of rotatable bonds is 5. The number of hydrogen-bond donors (Lipinski definition) is 2. The lowest BCUT2D eigenvalue weighted by atomic mass is 10.0. The zero-order valence-corrected chi connectivity index (χ0v) is 15.4. The fourth-order valence-electron chi connectivity index (χ4n) is 3.13. The minimum absolute atomic E-state index is 0.0448. The van der Waals surface area contributed by atoms with Gasteiger partial charge >= 0.3 is 0 Å². The van der Waals surface area contributed by atoms with Crippen molar-refractivity contribution < 1.29 is 13.9 Å². The van der Waals surface area contributed by atoms with Crippen molar-refractivity contribution in [2.75, 3.05) is 7.11 Å². The second kappa shape index (κ2) is 7.07. The topological polar surface area (TPSA) is 84.3 Å². The number of fused-ring (bicyclic) bond motifs is 1. The van der Waals surface area contributed by atoms with E-state index in [-0.39, 0.29) is 11.5 Å². The van der Waals surface area contributed by atoms with Crippen LogP contribution >= 0.6 is 0 Å². The summed E-state index contributed by atoms with van der Waals surface area (Å²) in [5, 5.41) is 3.98. The molecule has 0 saturated carbocycles. The van der Waals surface area contributed by atoms with E-state index in [1.807, 2.05) is 13.0 Å². The van der Waals surface area contributed by atoms with E-state index in [2.05, 4.69) is 30.2 Å². The Kier molecular flexibility index (Phi) is 4.84. The first-order valence-electron chi connectivity index (χ1n) is 8.50. The van der Waals surface area contributed by atoms with Crippen LogP contribution in [-0.2, 0) is 13.0 Å². The molecule has 3 rings (SSSR count). The normalized spacial score (nSPS) is 10.9. The number of ether oxygens (including phenoxy) is 1. The zero-order chi connectivity index (χ0) is 18.8. The van der Waals surface area contributed by atoms with Crippen molar-refractivity contribution in [2.24, 2.45) is 0 Å². The number of methoxy groups -OCH3 is 1. The number of carbonyl (C=O) groups is 1. The summed E-state index contributed by atoms with van der Waals surface area (Å²) in [6, 6.07) is 5.32. The van der Waals surface area contributed by atoms with Crippen molar-refractivity contribution in [2.45, 2.75) is 33.7 Å². The molecular formula is C20H22N2O4. The molecule has 0 aliphatic heterocycles. The number of amides is 1. The van der Waals surface area contributed by atoms with E-state index in [9.17, 15) is 9.59 Å². The number of aromatic amines is 1. The highest BCUT2D eigenvalue weighted by atomic mass is 16.5. The Balaban J connectivity index is 1.86. The average molecular weight is 354 g/mol. The van der Waals surface area contributed by atoms with Crippen LogP contribution in [-0.4, -0.2) is 18.0 Å². The van der Waals surface area contributed by atoms with E-state index in [4.69, 9.17) is 9.15 Å². The van der Waals surface area contributed by atoms with E-state index >= 15 is 0 Å². The number of aromatic nitrogens is 1. The third-order valence-corrected chi connectivity index (χ3v) is 4.53. The number of carbonyl (C=O) groups excluding carboxylic acids is 1. The minimum Gasteiger partial charge on any atom is -0.490 e. The van der Waals surface area contributed by atoms with Gasteiger partial charge in [0.2, 0.25) is 11.2 Å². The van der Waals surface area contributed by atoms with Gasteiger partial charge in [-0.3, -0.25) is 9.59 Å². The van der Waals surface area contributed by atoms with Crippen LogP contribution in [0.2, 0.25) is 0 Å². The van der Waals surface area contributed by atoms with Crippen LogP contribution < -0.4 is 15.5 Å². The monoisotopic (exact) mass is 354 g/mol. The largest absolute Gasteiger partial charge is 0.490 e. The maximum atomic E-state index is 12.3. The highest BCUT2D eigenvalue weighted by molar-refractivity contribution is 5.92. The predicted molar refractivity (Wildman–Crippen MR) is 99.9 cm³/mol. The Morgan fingerprint density at radius 1 is 1.27 bits per heavy atom. The van der Waals surface area contributed by atoms with Crippen LogP contribution in [0.1, 0.15) is 39.9 Å². The van der Waals surface area contributed by atoms with Gasteiger partial charge in [-0.25, -0.2) is 0 Å². The van der Waals surface area contributed by atoms with Gasteiger partial charge in [-0.1, -0.05) is 18.6 Å². The SMILES string of the molecule is CCc1[nH]c2c(CNC(=O)c3cc(=O)c(OC)co3)cc(C)cc2c1C. The second-order valence-corrected chi connectivity index (χ2v) is 6.29. The highest BCUT2D eigenvalue weighted by Crippen LogP contribution is 2.26. The van der Waals surface area contributed by atoms with Crippen molar-refractivity contribution >= 4 is 16.8 Å². The van der Waals surface area contributed by atoms with Crippen molar-refractivity contribution in [3.8, 4) is 5.75 Å². The second-order valence-electron chi connectivity index (χ2n) is 6.29. The van der Waals surface area contributed by atoms with Gasteiger partial charge in [0.15, 0.2) is 5.76 Å². The Labute approximate surface area is 151 Å². The molecule has 1 amide bonds. The van der Waals surface area contributed by atoms with Crippen LogP contribution in [0.15, 0.2) is 33.7 Å². The van der Waals surface area contributed by atoms with Gasteiger partial charge in [-0.05, 0) is 37.5 Å². The maximum Gasteiger partial charge on any atom is 0.287 e. The molecule has 0 unspecified atom stereocenters. The van der Waals surface area contributed by atoms with Crippen molar-refractivity contribution in [3.05, 3.63) is 62.8 Å². The lowest BCUT2D eigenvalue weighted by molar-refractivity contribution is 0.0920. The third kappa shape index (κ3) is 3.22. The van der Waals surface area contributed by atoms with E-state index < -0.39 is 11.3 Å². The molecule has 0 spiro atoms. The van der Waals surface area contributed by atoms with Gasteiger partial charge in [0, 0.05) is 23.7 Å². The molecule has 0 saturated heterocycles. The molecule has 26 heavy (non-hydrogen) atoms. The Bertz CT molecular complexity index is 1030. The molecule has 2 heterocycles. The lowest BCUT2D eigenvalue weighted by Crippen LogP contribution is -2.24. The summed E-state index contributed by atoms with van der Waals surface area (Å²) >= 11 is 0. The van der Waals surface area contributed by atoms with Crippen LogP contribution in [0.25, 0.3) is 10.9 Å². The summed E-state index contributed by atoms with van der Waals surface area (Å²) in [5.41, 5.74) is 5.18. The first kappa shape index (κ1) is 17.8. The maximum absolute atomic E-state index is 12.3. The van der Waals surface area contributed by atoms with E-state index in [0.29, 0.717) is 6.54 Å². The number of hydrogen-bond acceptors (Lipinski definition) is 4. The van der Waals surface area contributed by atoms with Crippen LogP contribution in [0.3, 0.4) is 0 Å². The first-order valence-corrected chi connectivity index (χ1v) is 8.50. The van der Waals surface area contributed by atoms with Gasteiger partial charge in [0.25, 0.3) is 5.91 Å². The first-order chi connectivity index (χ1) is 12.4. The Morgan fingerprint density at radius 3 is 2.69 bits per heavy atom. The van der Waals surface area contributed by atoms with Gasteiger partial charge in [0.05, 0.1) is 12.6 Å². The summed E-state index contributed by atoms with van der Waals surface area (Å²) < 4.78 is 10.0. The fraction of sp³-hybridized carbons (Fsp3) is 0.300. The molecule has 0 aliphatic rings. The summed E-state index contributed by atoms with van der Waals surface area (Å²) in [6.45, 7) is 6.57. The molecule has 0 atom stereocenters. The number of H-pyrrole nitrogens is 1. The molecule has 6 heteroatoms. The van der Waals surface area contributed by atoms with E-state index in [1.165, 1.54) is 23.8 Å². The van der Waals surface area contributed by atoms with E-state index in [0.717, 1.165) is 35.4 Å². The summed E-state index contributed by atoms with van der Waals surface area (Å²) in [5.74, 6) is -0.425. The molecule has 3 aromatic rings. The molecular weight excluding hydrogens is 332 g/mol. The summed E-state index contributed by atoms with van der Waals surface area (Å²) in [4.78, 5) is 27.6. The lowest BCUT2D eigenvalue weighted by Gasteiger charge is -2.08. The summed E-state index contributed by atoms with van der Waals surface area (Å²) in [7, 11) is 1.37. The van der Waals surface area contributed by atoms with Crippen molar-refractivity contribution in [1.82, 2.24) is 10.3 Å². The molecule has 6 nitrogen and oxygen atoms in total. The molecule has 136 valence electrons. The molecule has 0 radical (unpaired) electrons. The number of aryl methyl sites for hydroxylation is 3. The van der Waals surface area contributed by atoms with E-state index in [1.54, 1.807) is 0 Å².